The highest BCUT2D eigenvalue weighted by Crippen LogP contribution is 2.18. The molecule has 1 saturated heterocycles. The number of aromatic nitrogens is 1. The van der Waals surface area contributed by atoms with Crippen LogP contribution >= 0.6 is 0 Å². The third-order valence-corrected chi connectivity index (χ3v) is 4.36. The molecule has 1 aliphatic rings. The summed E-state index contributed by atoms with van der Waals surface area (Å²) in [7, 11) is 5.37. The molecule has 2 amide bonds. The molecule has 24 heavy (non-hydrogen) atoms. The summed E-state index contributed by atoms with van der Waals surface area (Å²) in [5, 5.41) is 3.10. The van der Waals surface area contributed by atoms with Gasteiger partial charge in [-0.25, -0.2) is 4.98 Å². The van der Waals surface area contributed by atoms with Crippen molar-refractivity contribution in [2.75, 3.05) is 52.6 Å². The molecule has 7 nitrogen and oxygen atoms in total. The fraction of sp³-hybridized carbons (Fsp3) is 0.588. The Kier molecular flexibility index (Phi) is 6.14. The van der Waals surface area contributed by atoms with Gasteiger partial charge in [0, 0.05) is 72.6 Å². The van der Waals surface area contributed by atoms with E-state index in [1.54, 1.807) is 37.0 Å². The maximum absolute atomic E-state index is 12.5. The fourth-order valence-electron chi connectivity index (χ4n) is 3.06. The molecule has 0 spiro atoms. The van der Waals surface area contributed by atoms with Crippen molar-refractivity contribution in [3.8, 4) is 0 Å². The average Bonchev–Trinajstić information content (AvgIpc) is 2.77. The predicted octanol–water partition coefficient (Wildman–Crippen LogP) is 0.492. The second kappa shape index (κ2) is 8.10. The Bertz CT molecular complexity index is 590. The van der Waals surface area contributed by atoms with Crippen molar-refractivity contribution >= 4 is 17.6 Å². The number of pyridine rings is 1. The lowest BCUT2D eigenvalue weighted by molar-refractivity contribution is -0.135. The molecule has 0 radical (unpaired) electrons. The molecule has 1 atom stereocenters. The summed E-state index contributed by atoms with van der Waals surface area (Å²) in [5.74, 6) is 0.723. The first-order valence-electron chi connectivity index (χ1n) is 8.23. The maximum atomic E-state index is 12.5. The minimum atomic E-state index is -0.207. The van der Waals surface area contributed by atoms with Gasteiger partial charge in [0.05, 0.1) is 5.92 Å². The Morgan fingerprint density at radius 2 is 2.08 bits per heavy atom. The van der Waals surface area contributed by atoms with Gasteiger partial charge in [-0.3, -0.25) is 14.5 Å². The van der Waals surface area contributed by atoms with E-state index in [1.165, 1.54) is 0 Å². The van der Waals surface area contributed by atoms with Crippen molar-refractivity contribution in [3.05, 3.63) is 23.9 Å². The number of carbonyl (C=O) groups excluding carboxylic acids is 2. The first-order valence-corrected chi connectivity index (χ1v) is 8.23. The van der Waals surface area contributed by atoms with Crippen LogP contribution in [-0.4, -0.2) is 78.8 Å². The highest BCUT2D eigenvalue weighted by Gasteiger charge is 2.30. The zero-order chi connectivity index (χ0) is 17.7. The molecule has 0 unspecified atom stereocenters. The van der Waals surface area contributed by atoms with E-state index in [2.05, 4.69) is 15.2 Å². The molecule has 1 aliphatic heterocycles. The van der Waals surface area contributed by atoms with Crippen LogP contribution in [-0.2, 0) is 16.1 Å². The third kappa shape index (κ3) is 4.44. The van der Waals surface area contributed by atoms with E-state index in [-0.39, 0.29) is 17.7 Å². The van der Waals surface area contributed by atoms with Gasteiger partial charge in [0.1, 0.15) is 5.82 Å². The quantitative estimate of drug-likeness (QED) is 0.869. The Labute approximate surface area is 143 Å². The van der Waals surface area contributed by atoms with E-state index in [0.29, 0.717) is 26.2 Å². The van der Waals surface area contributed by atoms with Gasteiger partial charge in [0.25, 0.3) is 0 Å². The first-order chi connectivity index (χ1) is 11.4. The molecule has 1 N–H and O–H groups in total. The number of carbonyl (C=O) groups is 2. The largest absolute Gasteiger partial charge is 0.373 e. The van der Waals surface area contributed by atoms with Crippen molar-refractivity contribution in [1.29, 1.82) is 0 Å². The van der Waals surface area contributed by atoms with E-state index in [0.717, 1.165) is 17.9 Å². The van der Waals surface area contributed by atoms with E-state index < -0.39 is 0 Å². The minimum absolute atomic E-state index is 0.0192. The Balaban J connectivity index is 2.17. The van der Waals surface area contributed by atoms with Gasteiger partial charge in [-0.15, -0.1) is 0 Å². The number of anilines is 1. The smallest absolute Gasteiger partial charge is 0.228 e. The van der Waals surface area contributed by atoms with Gasteiger partial charge in [0.2, 0.25) is 11.8 Å². The Morgan fingerprint density at radius 3 is 2.71 bits per heavy atom. The average molecular weight is 333 g/mol. The van der Waals surface area contributed by atoms with Gasteiger partial charge < -0.3 is 15.1 Å². The van der Waals surface area contributed by atoms with E-state index >= 15 is 0 Å². The van der Waals surface area contributed by atoms with Crippen LogP contribution in [0.25, 0.3) is 0 Å². The molecule has 1 fully saturated rings. The van der Waals surface area contributed by atoms with Crippen molar-refractivity contribution in [2.24, 2.45) is 5.92 Å². The molecule has 0 aliphatic carbocycles. The fourth-order valence-corrected chi connectivity index (χ4v) is 3.06. The monoisotopic (exact) mass is 333 g/mol. The van der Waals surface area contributed by atoms with Crippen molar-refractivity contribution in [3.63, 3.8) is 0 Å². The minimum Gasteiger partial charge on any atom is -0.373 e. The second-order valence-corrected chi connectivity index (χ2v) is 6.39. The van der Waals surface area contributed by atoms with Crippen molar-refractivity contribution in [2.45, 2.75) is 13.5 Å². The highest BCUT2D eigenvalue weighted by molar-refractivity contribution is 5.80. The normalized spacial score (nSPS) is 18.8. The highest BCUT2D eigenvalue weighted by atomic mass is 16.2. The molecule has 2 rings (SSSR count). The number of rotatable bonds is 4. The summed E-state index contributed by atoms with van der Waals surface area (Å²) in [6, 6.07) is 3.95. The SMILES string of the molecule is CNc1ncccc1CN1CCN(C(C)=O)C[C@@H](C(=O)N(C)C)C1. The molecule has 1 aromatic rings. The van der Waals surface area contributed by atoms with Crippen LogP contribution in [0.15, 0.2) is 18.3 Å². The van der Waals surface area contributed by atoms with Crippen molar-refractivity contribution in [1.82, 2.24) is 19.7 Å². The lowest BCUT2D eigenvalue weighted by Crippen LogP contribution is -2.41. The maximum Gasteiger partial charge on any atom is 0.228 e. The molecular formula is C17H27N5O2. The van der Waals surface area contributed by atoms with Gasteiger partial charge in [-0.1, -0.05) is 6.07 Å². The van der Waals surface area contributed by atoms with Crippen molar-refractivity contribution < 1.29 is 9.59 Å². The summed E-state index contributed by atoms with van der Waals surface area (Å²) in [5.41, 5.74) is 1.09. The lowest BCUT2D eigenvalue weighted by atomic mass is 10.1. The van der Waals surface area contributed by atoms with Gasteiger partial charge in [-0.05, 0) is 6.07 Å². The predicted molar refractivity (Wildman–Crippen MR) is 93.5 cm³/mol. The van der Waals surface area contributed by atoms with E-state index in [4.69, 9.17) is 0 Å². The molecule has 132 valence electrons. The zero-order valence-corrected chi connectivity index (χ0v) is 15.0. The van der Waals surface area contributed by atoms with Crippen LogP contribution in [0.5, 0.6) is 0 Å². The number of hydrogen-bond donors (Lipinski definition) is 1. The lowest BCUT2D eigenvalue weighted by Gasteiger charge is -2.26. The summed E-state index contributed by atoms with van der Waals surface area (Å²) in [4.78, 5) is 34.2. The Hall–Kier alpha value is -2.15. The molecule has 2 heterocycles. The van der Waals surface area contributed by atoms with E-state index in [9.17, 15) is 9.59 Å². The molecule has 0 saturated carbocycles. The topological polar surface area (TPSA) is 68.8 Å². The molecule has 0 bridgehead atoms. The summed E-state index contributed by atoms with van der Waals surface area (Å²) < 4.78 is 0. The van der Waals surface area contributed by atoms with E-state index in [1.807, 2.05) is 19.2 Å². The van der Waals surface area contributed by atoms with Gasteiger partial charge in [0.15, 0.2) is 0 Å². The molecule has 1 aromatic heterocycles. The van der Waals surface area contributed by atoms with Gasteiger partial charge in [-0.2, -0.15) is 0 Å². The number of nitrogens with zero attached hydrogens (tertiary/aromatic N) is 4. The van der Waals surface area contributed by atoms with Gasteiger partial charge >= 0.3 is 0 Å². The standard InChI is InChI=1S/C17H27N5O2/c1-13(23)22-9-8-21(11-15(12-22)17(24)20(3)4)10-14-6-5-7-19-16(14)18-2/h5-7,15H,8-12H2,1-4H3,(H,18,19)/t15-/m0/s1. The molecular weight excluding hydrogens is 306 g/mol. The zero-order valence-electron chi connectivity index (χ0n) is 15.0. The summed E-state index contributed by atoms with van der Waals surface area (Å²) in [6.07, 6.45) is 1.76. The van der Waals surface area contributed by atoms with Crippen LogP contribution in [0.4, 0.5) is 5.82 Å². The van der Waals surface area contributed by atoms with Crippen LogP contribution in [0, 0.1) is 5.92 Å². The van der Waals surface area contributed by atoms with Crippen LogP contribution in [0.1, 0.15) is 12.5 Å². The second-order valence-electron chi connectivity index (χ2n) is 6.39. The number of hydrogen-bond acceptors (Lipinski definition) is 5. The first kappa shape index (κ1) is 18.2. The van der Waals surface area contributed by atoms with Crippen LogP contribution in [0.3, 0.4) is 0 Å². The summed E-state index contributed by atoms with van der Waals surface area (Å²) in [6.45, 7) is 4.77. The molecule has 7 heteroatoms. The molecule has 0 aromatic carbocycles. The third-order valence-electron chi connectivity index (χ3n) is 4.36. The number of amides is 2. The van der Waals surface area contributed by atoms with Crippen LogP contribution < -0.4 is 5.32 Å². The van der Waals surface area contributed by atoms with Crippen LogP contribution in [0.2, 0.25) is 0 Å². The summed E-state index contributed by atoms with van der Waals surface area (Å²) >= 11 is 0. The number of nitrogens with one attached hydrogen (secondary N) is 1. The Morgan fingerprint density at radius 1 is 1.33 bits per heavy atom.